The number of rotatable bonds is 18. The van der Waals surface area contributed by atoms with E-state index in [1.165, 1.54) is 40.9 Å². The molecule has 1 atom stereocenters. The molecular formula is C46H49FmN4O15PS2Si. The molecule has 0 aliphatic carbocycles. The Bertz CT molecular complexity index is 2760. The van der Waals surface area contributed by atoms with E-state index in [0.29, 0.717) is 19.3 Å². The second-order valence-corrected chi connectivity index (χ2v) is 25.3. The summed E-state index contributed by atoms with van der Waals surface area (Å²) in [5.74, 6) is -4.39. The molecule has 376 valence electrons. The second-order valence-electron chi connectivity index (χ2n) is 16.8. The summed E-state index contributed by atoms with van der Waals surface area (Å²) in [6.07, 6.45) is -0.484. The molecule has 19 nitrogen and oxygen atoms in total. The van der Waals surface area contributed by atoms with Crippen molar-refractivity contribution in [1.29, 1.82) is 0 Å². The fraction of sp³-hybridized carbons (Fsp3) is 0.326. The van der Waals surface area contributed by atoms with Gasteiger partial charge in [0.15, 0.2) is 11.8 Å². The van der Waals surface area contributed by atoms with E-state index in [4.69, 9.17) is 37.9 Å². The van der Waals surface area contributed by atoms with E-state index < -0.39 is 82.9 Å². The third-order valence-corrected chi connectivity index (χ3v) is 20.1. The third kappa shape index (κ3) is 12.3. The molecule has 2 aliphatic heterocycles. The first-order valence-electron chi connectivity index (χ1n) is 21.7. The summed E-state index contributed by atoms with van der Waals surface area (Å²) in [7, 11) is -7.25. The molecule has 0 radical (unpaired) electrons. The third-order valence-electron chi connectivity index (χ3n) is 11.0. The van der Waals surface area contributed by atoms with Gasteiger partial charge in [-0.2, -0.15) is 4.98 Å². The second kappa shape index (κ2) is 22.4. The maximum Gasteiger partial charge on any atom is 0.530 e. The minimum atomic E-state index is -4.16. The van der Waals surface area contributed by atoms with Crippen LogP contribution in [-0.4, -0.2) is 90.2 Å². The molecule has 5 aromatic rings. The molecule has 0 spiro atoms. The molecule has 2 aliphatic rings. The van der Waals surface area contributed by atoms with E-state index in [1.807, 2.05) is 60.7 Å². The van der Waals surface area contributed by atoms with Crippen molar-refractivity contribution in [3.8, 4) is 5.75 Å². The number of phosphoric acid groups is 1. The number of fused-ring (bicyclic) bond motifs is 1. The van der Waals surface area contributed by atoms with E-state index in [1.54, 1.807) is 6.07 Å². The van der Waals surface area contributed by atoms with Gasteiger partial charge in [-0.3, -0.25) is 33.3 Å². The van der Waals surface area contributed by atoms with Gasteiger partial charge < -0.3 is 33.9 Å². The fourth-order valence-corrected chi connectivity index (χ4v) is 15.7. The summed E-state index contributed by atoms with van der Waals surface area (Å²) in [6.45, 7) is 5.22. The molecule has 1 amide bonds. The number of benzene rings is 3. The number of amides is 1. The first-order chi connectivity index (χ1) is 32.9. The number of hydrogen-bond donors (Lipinski definition) is 4. The maximum atomic E-state index is 14.4. The first-order valence-corrected chi connectivity index (χ1v) is 26.8. The van der Waals surface area contributed by atoms with Crippen molar-refractivity contribution in [1.82, 2.24) is 9.97 Å². The predicted octanol–water partition coefficient (Wildman–Crippen LogP) is 7.20. The number of thiophene rings is 1. The Kier molecular flexibility index (Phi) is 16.7. The number of carboxylic acid groups (broad SMARTS) is 2. The van der Waals surface area contributed by atoms with E-state index in [9.17, 15) is 38.4 Å². The molecule has 3 aromatic carbocycles. The Labute approximate surface area is 405 Å². The molecule has 1 fully saturated rings. The van der Waals surface area contributed by atoms with Crippen LogP contribution in [0.25, 0.3) is 0 Å². The van der Waals surface area contributed by atoms with Crippen molar-refractivity contribution in [2.24, 2.45) is 0 Å². The molecule has 0 bridgehead atoms. The van der Waals surface area contributed by atoms with Crippen molar-refractivity contribution in [3.63, 3.8) is 0 Å². The van der Waals surface area contributed by atoms with E-state index in [0.717, 1.165) is 26.6 Å². The summed E-state index contributed by atoms with van der Waals surface area (Å²) in [5, 5.41) is 19.6. The zero-order valence-corrected chi connectivity index (χ0v) is 43.9. The number of phosphoric ester groups is 1. The van der Waals surface area contributed by atoms with Gasteiger partial charge in [0, 0.05) is 16.7 Å². The van der Waals surface area contributed by atoms with Gasteiger partial charge in [-0.1, -0.05) is 87.5 Å². The molecule has 0 saturated carbocycles. The van der Waals surface area contributed by atoms with Crippen molar-refractivity contribution in [2.75, 3.05) is 36.4 Å². The number of aromatic nitrogens is 2. The van der Waals surface area contributed by atoms with Gasteiger partial charge in [-0.05, 0) is 64.5 Å². The number of aryl methyl sites for hydroxylation is 1. The predicted molar refractivity (Wildman–Crippen MR) is 257 cm³/mol. The number of carbonyl (C=O) groups is 5. The Hall–Kier alpha value is -7.29. The average Bonchev–Trinajstić information content (AvgIpc) is 3.81. The van der Waals surface area contributed by atoms with Crippen LogP contribution in [0.5, 0.6) is 5.75 Å². The maximum absolute atomic E-state index is 14.4. The van der Waals surface area contributed by atoms with Crippen molar-refractivity contribution in [3.05, 3.63) is 122 Å². The zero-order valence-electron chi connectivity index (χ0n) is 38.0. The average molecular weight is 1280 g/mol. The summed E-state index contributed by atoms with van der Waals surface area (Å²) < 4.78 is 45.1. The molecule has 4 heterocycles. The number of nitrogens with one attached hydrogen (secondary N) is 2. The van der Waals surface area contributed by atoms with Gasteiger partial charge in [0.1, 0.15) is 27.7 Å². The number of carboxylic acids is 2. The largest absolute Gasteiger partial charge is 0.530 e. The van der Waals surface area contributed by atoms with Crippen LogP contribution in [0.3, 0.4) is 0 Å². The standard InChI is InChI=1S/C46H49N4O15PS2Si.Fm/c1-46(2,3)69(32-11-6-4-7-12-32,33-13-8-5-9-14-33)49-44-47-40-39(41(54)48-44)68-31(17-16-30-18-20-36(67-30)42(55)56)26-50(40)45(58)60-27-29-15-19-35(65-66(59)63-23-10-24-64-66)34(25-29)43(57)62-28-61-38(53)22-21-37(51)52;/h4-9,11-15,18-20,25,31H,10,16-17,21-24,26-28H2,1-3H3,(H,51,52)(H,55,56)(H2,47,48,49,54);. The van der Waals surface area contributed by atoms with E-state index >= 15 is 0 Å². The molecule has 2 aromatic heterocycles. The quantitative estimate of drug-likeness (QED) is 0.0293. The van der Waals surface area contributed by atoms with Crippen LogP contribution < -0.4 is 30.3 Å². The number of H-pyrrole nitrogens is 1. The number of aliphatic carboxylic acids is 1. The van der Waals surface area contributed by atoms with Crippen LogP contribution in [0.15, 0.2) is 101 Å². The number of aromatic carboxylic acids is 1. The van der Waals surface area contributed by atoms with Crippen LogP contribution in [-0.2, 0) is 50.4 Å². The number of carbonyl (C=O) groups excluding carboxylic acids is 3. The number of ether oxygens (including phenoxy) is 3. The van der Waals surface area contributed by atoms with Gasteiger partial charge in [-0.15, -0.1) is 23.1 Å². The van der Waals surface area contributed by atoms with Crippen molar-refractivity contribution in [2.45, 2.75) is 74.7 Å². The molecule has 24 heteroatoms. The Morgan fingerprint density at radius 1 is 0.914 bits per heavy atom. The SMILES string of the molecule is CC(C)(C)[Si](Nc1nc2c(c(=O)[nH]1)SC(CCc1ccc(C(=O)O)s1)CN2C(=O)OCc1ccc(OP2(=O)OCCCO2)c(C(=O)OCOC(=O)CCC(=O)O)c1)(c1ccccc1)c1ccccc1.[Fm]. The van der Waals surface area contributed by atoms with Gasteiger partial charge in [0.25, 0.3) is 5.56 Å². The number of thioether (sulfide) groups is 1. The Morgan fingerprint density at radius 3 is 2.20 bits per heavy atom. The van der Waals surface area contributed by atoms with Gasteiger partial charge in [0.05, 0.1) is 26.1 Å². The monoisotopic (exact) mass is 1280 g/mol. The van der Waals surface area contributed by atoms with E-state index in [-0.39, 0.29) is 63.4 Å². The topological polar surface area (TPSA) is 259 Å². The zero-order chi connectivity index (χ0) is 49.3. The van der Waals surface area contributed by atoms with Gasteiger partial charge in [0.2, 0.25) is 15.0 Å². The van der Waals surface area contributed by atoms with Crippen molar-refractivity contribution < 1.29 is 66.5 Å². The summed E-state index contributed by atoms with van der Waals surface area (Å²) in [4.78, 5) is 90.6. The van der Waals surface area contributed by atoms with Gasteiger partial charge >= 0.3 is 37.8 Å². The summed E-state index contributed by atoms with van der Waals surface area (Å²) in [6, 6.07) is 27.1. The summed E-state index contributed by atoms with van der Waals surface area (Å²) >= 11 is 2.41. The minimum absolute atomic E-state index is 0. The number of aromatic amines is 1. The minimum Gasteiger partial charge on any atom is -0.481 e. The fourth-order valence-electron chi connectivity index (χ4n) is 7.71. The van der Waals surface area contributed by atoms with Crippen LogP contribution in [0, 0.1) is 0 Å². The molecule has 4 N–H and O–H groups in total. The molecule has 7 rings (SSSR count). The molecule has 1 unspecified atom stereocenters. The number of nitrogens with zero attached hydrogens (tertiary/aromatic N) is 2. The normalized spacial score (nSPS) is 15.4. The van der Waals surface area contributed by atoms with Crippen LogP contribution in [0.4, 0.5) is 16.6 Å². The van der Waals surface area contributed by atoms with Crippen molar-refractivity contribution >= 4 is 91.3 Å². The van der Waals surface area contributed by atoms with Crippen LogP contribution >= 0.6 is 30.9 Å². The molecular weight excluding hydrogens is 1230 g/mol. The number of hydrogen-bond acceptors (Lipinski definition) is 17. The number of esters is 2. The first kappa shape index (κ1) is 52.1. The molecule has 1 saturated heterocycles. The van der Waals surface area contributed by atoms with E-state index in [2.05, 4.69) is 30.7 Å². The molecule has 70 heavy (non-hydrogen) atoms. The number of anilines is 2. The van der Waals surface area contributed by atoms with Crippen LogP contribution in [0.1, 0.15) is 76.9 Å². The summed E-state index contributed by atoms with van der Waals surface area (Å²) in [5.41, 5.74) is -0.592. The Balaban J connectivity index is 0.00000804. The van der Waals surface area contributed by atoms with Gasteiger partial charge in [-0.25, -0.2) is 18.9 Å². The smallest absolute Gasteiger partial charge is 0.481 e. The van der Waals surface area contributed by atoms with Crippen LogP contribution in [0.2, 0.25) is 5.04 Å². The Morgan fingerprint density at radius 2 is 1.59 bits per heavy atom.